The van der Waals surface area contributed by atoms with Crippen LogP contribution in [0.15, 0.2) is 53.0 Å². The van der Waals surface area contributed by atoms with Crippen molar-refractivity contribution in [2.45, 2.75) is 17.9 Å². The van der Waals surface area contributed by atoms with Gasteiger partial charge in [-0.15, -0.1) is 10.2 Å². The lowest BCUT2D eigenvalue weighted by molar-refractivity contribution is 0.102. The van der Waals surface area contributed by atoms with Crippen LogP contribution in [0, 0.1) is 0 Å². The highest BCUT2D eigenvalue weighted by molar-refractivity contribution is 7.91. The predicted octanol–water partition coefficient (Wildman–Crippen LogP) is 2.60. The topological polar surface area (TPSA) is 111 Å². The van der Waals surface area contributed by atoms with E-state index in [-0.39, 0.29) is 22.2 Å². The summed E-state index contributed by atoms with van der Waals surface area (Å²) in [5.74, 6) is -0.552. The van der Waals surface area contributed by atoms with Gasteiger partial charge in [-0.1, -0.05) is 41.7 Å². The molecule has 0 bridgehead atoms. The number of ether oxygens (including phenoxy) is 1. The van der Waals surface area contributed by atoms with E-state index in [0.29, 0.717) is 18.0 Å². The minimum Gasteiger partial charge on any atom is -0.481 e. The predicted molar refractivity (Wildman–Crippen MR) is 105 cm³/mol. The monoisotopic (exact) mass is 418 g/mol. The summed E-state index contributed by atoms with van der Waals surface area (Å²) in [6.45, 7) is 0. The Bertz CT molecular complexity index is 1040. The Morgan fingerprint density at radius 2 is 2.00 bits per heavy atom. The third-order valence-electron chi connectivity index (χ3n) is 3.87. The van der Waals surface area contributed by atoms with Gasteiger partial charge in [0.25, 0.3) is 5.91 Å². The number of nitrogens with zero attached hydrogens (tertiary/aromatic N) is 3. The number of amides is 1. The molecule has 2 heterocycles. The van der Waals surface area contributed by atoms with E-state index in [4.69, 9.17) is 4.74 Å². The number of hydrogen-bond acceptors (Lipinski definition) is 8. The fraction of sp³-hybridized carbons (Fsp3) is 0.222. The average molecular weight is 419 g/mol. The molecule has 146 valence electrons. The van der Waals surface area contributed by atoms with E-state index in [1.165, 1.54) is 24.8 Å². The molecule has 3 aromatic rings. The Hall–Kier alpha value is -2.85. The molecular weight excluding hydrogens is 400 g/mol. The molecule has 0 aliphatic rings. The second-order valence-electron chi connectivity index (χ2n) is 5.84. The summed E-state index contributed by atoms with van der Waals surface area (Å²) in [4.78, 5) is 16.4. The van der Waals surface area contributed by atoms with Crippen molar-refractivity contribution in [2.24, 2.45) is 0 Å². The molecule has 1 amide bonds. The number of benzene rings is 1. The maximum Gasteiger partial charge on any atom is 0.257 e. The number of rotatable bonds is 8. The molecule has 28 heavy (non-hydrogen) atoms. The lowest BCUT2D eigenvalue weighted by Gasteiger charge is -2.09. The summed E-state index contributed by atoms with van der Waals surface area (Å²) in [6, 6.07) is 12.3. The van der Waals surface area contributed by atoms with Crippen molar-refractivity contribution in [1.82, 2.24) is 15.2 Å². The summed E-state index contributed by atoms with van der Waals surface area (Å²) >= 11 is 1.16. The Balaban J connectivity index is 1.76. The van der Waals surface area contributed by atoms with Crippen molar-refractivity contribution in [2.75, 3.05) is 18.2 Å². The largest absolute Gasteiger partial charge is 0.481 e. The van der Waals surface area contributed by atoms with Crippen LogP contribution in [0.3, 0.4) is 0 Å². The Morgan fingerprint density at radius 3 is 2.68 bits per heavy atom. The van der Waals surface area contributed by atoms with Gasteiger partial charge in [0.05, 0.1) is 12.9 Å². The van der Waals surface area contributed by atoms with Gasteiger partial charge in [-0.3, -0.25) is 10.1 Å². The first kappa shape index (κ1) is 19.9. The lowest BCUT2D eigenvalue weighted by atomic mass is 10.1. The molecule has 1 N–H and O–H groups in total. The van der Waals surface area contributed by atoms with E-state index >= 15 is 0 Å². The Morgan fingerprint density at radius 1 is 1.21 bits per heavy atom. The fourth-order valence-electron chi connectivity index (χ4n) is 2.49. The number of carbonyl (C=O) groups excluding carboxylic acids is 1. The number of methoxy groups -OCH3 is 1. The van der Waals surface area contributed by atoms with Crippen molar-refractivity contribution in [3.8, 4) is 5.88 Å². The zero-order valence-electron chi connectivity index (χ0n) is 15.0. The third-order valence-corrected chi connectivity index (χ3v) is 6.15. The molecule has 0 saturated carbocycles. The van der Waals surface area contributed by atoms with E-state index in [0.717, 1.165) is 16.9 Å². The highest BCUT2D eigenvalue weighted by Crippen LogP contribution is 2.20. The normalized spacial score (nSPS) is 11.2. The maximum absolute atomic E-state index is 12.7. The maximum atomic E-state index is 12.7. The Kier molecular flexibility index (Phi) is 6.32. The van der Waals surface area contributed by atoms with Crippen molar-refractivity contribution in [3.05, 3.63) is 59.1 Å². The summed E-state index contributed by atoms with van der Waals surface area (Å²) in [5.41, 5.74) is 2.66. The fourth-order valence-corrected chi connectivity index (χ4v) is 4.20. The van der Waals surface area contributed by atoms with Crippen molar-refractivity contribution in [1.29, 1.82) is 0 Å². The van der Waals surface area contributed by atoms with Gasteiger partial charge < -0.3 is 4.74 Å². The molecule has 0 fully saturated rings. The molecule has 1 aromatic carbocycles. The first-order chi connectivity index (χ1) is 13.5. The number of anilines is 1. The zero-order valence-corrected chi connectivity index (χ0v) is 16.7. The number of hydrogen-bond donors (Lipinski definition) is 1. The van der Waals surface area contributed by atoms with Crippen LogP contribution in [0.1, 0.15) is 22.3 Å². The van der Waals surface area contributed by atoms with Crippen LogP contribution >= 0.6 is 11.3 Å². The minimum absolute atomic E-state index is 0.0477. The number of carbonyl (C=O) groups is 1. The molecule has 0 aliphatic heterocycles. The summed E-state index contributed by atoms with van der Waals surface area (Å²) in [6.07, 6.45) is 1.08. The number of aryl methyl sites for hydroxylation is 1. The van der Waals surface area contributed by atoms with Gasteiger partial charge >= 0.3 is 0 Å². The van der Waals surface area contributed by atoms with E-state index < -0.39 is 15.7 Å². The summed E-state index contributed by atoms with van der Waals surface area (Å²) in [7, 11) is -2.32. The van der Waals surface area contributed by atoms with Gasteiger partial charge in [-0.25, -0.2) is 13.4 Å². The van der Waals surface area contributed by atoms with Gasteiger partial charge in [-0.05, 0) is 24.5 Å². The lowest BCUT2D eigenvalue weighted by Crippen LogP contribution is -2.15. The first-order valence-corrected chi connectivity index (χ1v) is 10.9. The second-order valence-corrected chi connectivity index (χ2v) is 8.73. The minimum atomic E-state index is -3.68. The Labute approximate surface area is 166 Å². The number of pyridine rings is 1. The quantitative estimate of drug-likeness (QED) is 0.598. The second kappa shape index (κ2) is 8.89. The molecule has 0 atom stereocenters. The van der Waals surface area contributed by atoms with Crippen molar-refractivity contribution >= 4 is 32.2 Å². The van der Waals surface area contributed by atoms with E-state index in [1.54, 1.807) is 0 Å². The van der Waals surface area contributed by atoms with Gasteiger partial charge in [0.15, 0.2) is 14.9 Å². The highest BCUT2D eigenvalue weighted by Gasteiger charge is 2.21. The van der Waals surface area contributed by atoms with Crippen molar-refractivity contribution < 1.29 is 17.9 Å². The molecule has 3 rings (SSSR count). The van der Waals surface area contributed by atoms with Crippen LogP contribution in [-0.4, -0.2) is 42.4 Å². The van der Waals surface area contributed by atoms with Crippen LogP contribution in [0.5, 0.6) is 5.88 Å². The average Bonchev–Trinajstić information content (AvgIpc) is 3.21. The summed E-state index contributed by atoms with van der Waals surface area (Å²) in [5, 5.41) is 10.1. The van der Waals surface area contributed by atoms with Gasteiger partial charge in [0.2, 0.25) is 11.0 Å². The first-order valence-electron chi connectivity index (χ1n) is 8.38. The van der Waals surface area contributed by atoms with E-state index in [1.807, 2.05) is 30.3 Å². The van der Waals surface area contributed by atoms with Gasteiger partial charge in [0, 0.05) is 11.6 Å². The van der Waals surface area contributed by atoms with Crippen molar-refractivity contribution in [3.63, 3.8) is 0 Å². The van der Waals surface area contributed by atoms with Crippen LogP contribution in [-0.2, 0) is 16.3 Å². The molecule has 0 aliphatic carbocycles. The molecule has 8 nitrogen and oxygen atoms in total. The number of aromatic nitrogens is 3. The smallest absolute Gasteiger partial charge is 0.257 e. The van der Waals surface area contributed by atoms with Crippen LogP contribution in [0.4, 0.5) is 5.13 Å². The molecule has 0 saturated heterocycles. The van der Waals surface area contributed by atoms with E-state index in [2.05, 4.69) is 20.5 Å². The zero-order chi connectivity index (χ0) is 20.0. The van der Waals surface area contributed by atoms with Gasteiger partial charge in [-0.2, -0.15) is 0 Å². The van der Waals surface area contributed by atoms with E-state index in [9.17, 15) is 13.2 Å². The number of sulfone groups is 1. The molecule has 0 radical (unpaired) electrons. The van der Waals surface area contributed by atoms with Gasteiger partial charge in [0.1, 0.15) is 5.51 Å². The SMILES string of the molecule is COc1cc(C(=O)Nc2nncs2)cc(S(=O)(=O)CCCc2ccccc2)n1. The van der Waals surface area contributed by atoms with Crippen LogP contribution in [0.25, 0.3) is 0 Å². The molecule has 10 heteroatoms. The highest BCUT2D eigenvalue weighted by atomic mass is 32.2. The van der Waals surface area contributed by atoms with Crippen LogP contribution < -0.4 is 10.1 Å². The third kappa shape index (κ3) is 5.11. The molecular formula is C18H18N4O4S2. The summed E-state index contributed by atoms with van der Waals surface area (Å²) < 4.78 is 30.5. The molecule has 0 spiro atoms. The standard InChI is InChI=1S/C18H18N4O4S2/c1-26-15-10-14(17(23)21-18-22-19-12-27-18)11-16(20-15)28(24,25)9-5-8-13-6-3-2-4-7-13/h2-4,6-7,10-12H,5,8-9H2,1H3,(H,21,22,23). The number of nitrogens with one attached hydrogen (secondary N) is 1. The molecule has 2 aromatic heterocycles. The molecule has 0 unspecified atom stereocenters. The van der Waals surface area contributed by atoms with Crippen LogP contribution in [0.2, 0.25) is 0 Å².